The van der Waals surface area contributed by atoms with Crippen LogP contribution in [0.2, 0.25) is 0 Å². The highest BCUT2D eigenvalue weighted by Crippen LogP contribution is 2.38. The summed E-state index contributed by atoms with van der Waals surface area (Å²) in [5.74, 6) is -3.27. The molecule has 52 valence electrons. The number of rotatable bonds is 1. The summed E-state index contributed by atoms with van der Waals surface area (Å²) in [6.07, 6.45) is -5.88. The zero-order chi connectivity index (χ0) is 14.1. The van der Waals surface area contributed by atoms with Crippen molar-refractivity contribution in [1.82, 2.24) is 4.98 Å². The second-order valence-electron chi connectivity index (χ2n) is 1.80. The average Bonchev–Trinajstić information content (AvgIpc) is 2.59. The Balaban J connectivity index is 2.70. The normalized spacial score (nSPS) is 42.0. The molecule has 0 bridgehead atoms. The Hall–Kier alpha value is -1.05. The van der Waals surface area contributed by atoms with Crippen LogP contribution in [0.5, 0.6) is 5.75 Å². The van der Waals surface area contributed by atoms with E-state index in [9.17, 15) is 5.11 Å². The summed E-state index contributed by atoms with van der Waals surface area (Å²) in [5, 5.41) is 9.25. The largest absolute Gasteiger partial charge is 0.506 e. The molecular formula is C8H9NO. The minimum Gasteiger partial charge on any atom is -0.506 e. The van der Waals surface area contributed by atoms with Gasteiger partial charge in [0, 0.05) is 18.4 Å². The molecule has 0 radical (unpaired) electrons. The van der Waals surface area contributed by atoms with Crippen molar-refractivity contribution < 1.29 is 16.1 Å². The van der Waals surface area contributed by atoms with Crippen LogP contribution in [-0.4, -0.2) is 10.1 Å². The Kier molecular flexibility index (Phi) is 0.346. The first-order valence-corrected chi connectivity index (χ1v) is 2.67. The van der Waals surface area contributed by atoms with Gasteiger partial charge in [-0.2, -0.15) is 0 Å². The topological polar surface area (TPSA) is 33.1 Å². The van der Waals surface area contributed by atoms with E-state index in [0.29, 0.717) is 0 Å². The van der Waals surface area contributed by atoms with E-state index in [-0.39, 0.29) is 0 Å². The van der Waals surface area contributed by atoms with Crippen molar-refractivity contribution in [2.75, 3.05) is 0 Å². The summed E-state index contributed by atoms with van der Waals surface area (Å²) in [6.45, 7) is 0. The highest BCUT2D eigenvalue weighted by atomic mass is 16.3. The molecule has 0 atom stereocenters. The van der Waals surface area contributed by atoms with Crippen LogP contribution in [0, 0.1) is 0 Å². The molecule has 0 spiro atoms. The molecule has 0 aromatic carbocycles. The Labute approximate surface area is 70.8 Å². The van der Waals surface area contributed by atoms with Crippen molar-refractivity contribution in [3.63, 3.8) is 0 Å². The molecule has 2 rings (SSSR count). The molecule has 0 aliphatic heterocycles. The molecule has 1 heterocycles. The fourth-order valence-electron chi connectivity index (χ4n) is 0.551. The van der Waals surface area contributed by atoms with E-state index in [4.69, 9.17) is 11.0 Å². The number of nitrogens with zero attached hydrogens (tertiary/aromatic N) is 1. The second kappa shape index (κ2) is 1.97. The highest BCUT2D eigenvalue weighted by Gasteiger charge is 2.24. The molecule has 1 N–H and O–H groups in total. The van der Waals surface area contributed by atoms with Gasteiger partial charge in [0.25, 0.3) is 0 Å². The molecule has 1 aromatic heterocycles. The molecule has 0 amide bonds. The first-order chi connectivity index (χ1) is 8.00. The Morgan fingerprint density at radius 1 is 1.80 bits per heavy atom. The van der Waals surface area contributed by atoms with Crippen LogP contribution in [-0.2, 0) is 0 Å². The van der Waals surface area contributed by atoms with E-state index in [1.54, 1.807) is 0 Å². The Morgan fingerprint density at radius 2 is 2.60 bits per heavy atom. The second-order valence-corrected chi connectivity index (χ2v) is 1.80. The molecule has 10 heavy (non-hydrogen) atoms. The van der Waals surface area contributed by atoms with Gasteiger partial charge in [-0.15, -0.1) is 0 Å². The van der Waals surface area contributed by atoms with Gasteiger partial charge in [0.1, 0.15) is 5.75 Å². The lowest BCUT2D eigenvalue weighted by molar-refractivity contribution is 0.472. The molecule has 1 aliphatic rings. The predicted octanol–water partition coefficient (Wildman–Crippen LogP) is 1.66. The van der Waals surface area contributed by atoms with Gasteiger partial charge in [-0.05, 0) is 24.8 Å². The van der Waals surface area contributed by atoms with Crippen LogP contribution in [0.15, 0.2) is 18.3 Å². The number of hydrogen-bond acceptors (Lipinski definition) is 2. The first kappa shape index (κ1) is 1.76. The third kappa shape index (κ3) is 0.967. The monoisotopic (exact) mass is 143 g/mol. The number of hydrogen-bond donors (Lipinski definition) is 1. The average molecular weight is 143 g/mol. The van der Waals surface area contributed by atoms with Crippen molar-refractivity contribution in [3.8, 4) is 5.75 Å². The Morgan fingerprint density at radius 3 is 3.30 bits per heavy atom. The van der Waals surface area contributed by atoms with Crippen LogP contribution in [0.3, 0.4) is 0 Å². The van der Waals surface area contributed by atoms with Gasteiger partial charge < -0.3 is 5.11 Å². The van der Waals surface area contributed by atoms with Gasteiger partial charge in [0.2, 0.25) is 0 Å². The molecule has 0 saturated heterocycles. The zero-order valence-electron chi connectivity index (χ0n) is 12.9. The number of aromatic hydroxyl groups is 1. The molecular weight excluding hydrogens is 126 g/mol. The summed E-state index contributed by atoms with van der Waals surface area (Å²) in [5.41, 5.74) is -0.634. The molecule has 2 heteroatoms. The van der Waals surface area contributed by atoms with E-state index in [0.717, 1.165) is 0 Å². The lowest BCUT2D eigenvalue weighted by Gasteiger charge is -1.94. The third-order valence-corrected chi connectivity index (χ3v) is 1.06. The lowest BCUT2D eigenvalue weighted by atomic mass is 10.2. The lowest BCUT2D eigenvalue weighted by Crippen LogP contribution is -1.82. The van der Waals surface area contributed by atoms with Crippen molar-refractivity contribution >= 4 is 0 Å². The maximum atomic E-state index is 9.25. The van der Waals surface area contributed by atoms with Crippen molar-refractivity contribution in [2.45, 2.75) is 18.6 Å². The van der Waals surface area contributed by atoms with Gasteiger partial charge in [-0.25, -0.2) is 0 Å². The molecule has 0 unspecified atom stereocenters. The minimum absolute atomic E-state index is 0.634. The molecule has 1 saturated carbocycles. The fourth-order valence-corrected chi connectivity index (χ4v) is 0.551. The van der Waals surface area contributed by atoms with Gasteiger partial charge in [-0.3, -0.25) is 4.98 Å². The van der Waals surface area contributed by atoms with Crippen molar-refractivity contribution in [1.29, 1.82) is 0 Å². The smallest absolute Gasteiger partial charge is 0.133 e. The van der Waals surface area contributed by atoms with E-state index >= 15 is 0 Å². The van der Waals surface area contributed by atoms with E-state index < -0.39 is 48.3 Å². The van der Waals surface area contributed by atoms with Crippen LogP contribution in [0.25, 0.3) is 0 Å². The maximum absolute atomic E-state index is 9.25. The van der Waals surface area contributed by atoms with Crippen LogP contribution >= 0.6 is 0 Å². The maximum Gasteiger partial charge on any atom is 0.133 e. The van der Waals surface area contributed by atoms with E-state index in [1.807, 2.05) is 0 Å². The Bertz CT molecular complexity index is 528. The fraction of sp³-hybridized carbons (Fsp3) is 0.375. The van der Waals surface area contributed by atoms with Gasteiger partial charge in [0.15, 0.2) is 0 Å². The van der Waals surface area contributed by atoms with Crippen LogP contribution < -0.4 is 0 Å². The SMILES string of the molecule is [2H]c1nc(C2([2H])C([2H])([2H])C2([2H])[2H])c([2H])c([2H])c1O. The van der Waals surface area contributed by atoms with E-state index in [2.05, 4.69) is 4.98 Å². The van der Waals surface area contributed by atoms with Gasteiger partial charge in [0.05, 0.1) is 10.3 Å². The van der Waals surface area contributed by atoms with E-state index in [1.165, 1.54) is 0 Å². The highest BCUT2D eigenvalue weighted by molar-refractivity contribution is 5.22. The molecule has 1 aliphatic carbocycles. The summed E-state index contributed by atoms with van der Waals surface area (Å²) in [4.78, 5) is 3.40. The van der Waals surface area contributed by atoms with Crippen LogP contribution in [0.4, 0.5) is 0 Å². The first-order valence-electron chi connectivity index (χ1n) is 6.67. The number of aromatic nitrogens is 1. The predicted molar refractivity (Wildman–Crippen MR) is 37.9 cm³/mol. The zero-order valence-corrected chi connectivity index (χ0v) is 4.89. The number of pyridine rings is 1. The third-order valence-electron chi connectivity index (χ3n) is 1.06. The van der Waals surface area contributed by atoms with Gasteiger partial charge >= 0.3 is 0 Å². The molecule has 2 nitrogen and oxygen atoms in total. The summed E-state index contributed by atoms with van der Waals surface area (Å²) < 4.78 is 59.7. The summed E-state index contributed by atoms with van der Waals surface area (Å²) >= 11 is 0. The quantitative estimate of drug-likeness (QED) is 0.648. The van der Waals surface area contributed by atoms with Crippen molar-refractivity contribution in [2.24, 2.45) is 0 Å². The molecule has 1 fully saturated rings. The van der Waals surface area contributed by atoms with Gasteiger partial charge in [-0.1, -0.05) is 0 Å². The summed E-state index contributed by atoms with van der Waals surface area (Å²) in [7, 11) is 0. The van der Waals surface area contributed by atoms with Crippen LogP contribution in [0.1, 0.15) is 35.3 Å². The van der Waals surface area contributed by atoms with Crippen molar-refractivity contribution in [3.05, 3.63) is 24.0 Å². The summed E-state index contributed by atoms with van der Waals surface area (Å²) in [6, 6.07) is -1.49. The standard InChI is InChI=1S/C8H9NO/c10-7-3-4-8(9-5-7)6-1-2-6/h3-6,10H,1-2H2/i1D2,2D2,3D,4D,5D,6D. The molecule has 1 aromatic rings. The minimum atomic E-state index is -2.56.